The van der Waals surface area contributed by atoms with Gasteiger partial charge in [0.25, 0.3) is 0 Å². The number of halogens is 1. The smallest absolute Gasteiger partial charge is 0.352 e. The molecular formula is C26H25FN2O2S. The molecule has 0 amide bonds. The van der Waals surface area contributed by atoms with Gasteiger partial charge < -0.3 is 15.0 Å². The standard InChI is InChI=1S/C26H25FN2O2S/c1-17-7-12-21-22(15-28-14-18-8-10-20(32-2)11-9-18)25(26(30)31)29(24(21)13-17)16-19-5-3-4-6-23(19)27/h3-13,28H,14-16H2,1-2H3,(H,30,31). The van der Waals surface area contributed by atoms with Crippen LogP contribution in [0, 0.1) is 12.7 Å². The van der Waals surface area contributed by atoms with Crippen LogP contribution in [-0.4, -0.2) is 21.9 Å². The number of aromatic carboxylic acids is 1. The average Bonchev–Trinajstić information content (AvgIpc) is 3.08. The summed E-state index contributed by atoms with van der Waals surface area (Å²) >= 11 is 1.70. The van der Waals surface area contributed by atoms with Crippen molar-refractivity contribution in [2.75, 3.05) is 6.26 Å². The van der Waals surface area contributed by atoms with Crippen molar-refractivity contribution in [2.24, 2.45) is 0 Å². The van der Waals surface area contributed by atoms with Crippen LogP contribution in [0.1, 0.15) is 32.7 Å². The molecule has 6 heteroatoms. The molecule has 32 heavy (non-hydrogen) atoms. The fraction of sp³-hybridized carbons (Fsp3) is 0.192. The van der Waals surface area contributed by atoms with Gasteiger partial charge in [0.2, 0.25) is 0 Å². The van der Waals surface area contributed by atoms with E-state index in [-0.39, 0.29) is 18.1 Å². The van der Waals surface area contributed by atoms with E-state index >= 15 is 0 Å². The summed E-state index contributed by atoms with van der Waals surface area (Å²) in [5.74, 6) is -1.36. The largest absolute Gasteiger partial charge is 0.477 e. The molecule has 0 fully saturated rings. The number of nitrogens with zero attached hydrogens (tertiary/aromatic N) is 1. The second kappa shape index (κ2) is 9.59. The van der Waals surface area contributed by atoms with Gasteiger partial charge in [-0.1, -0.05) is 42.5 Å². The lowest BCUT2D eigenvalue weighted by Crippen LogP contribution is -2.17. The molecule has 0 aliphatic heterocycles. The van der Waals surface area contributed by atoms with Gasteiger partial charge in [0, 0.05) is 40.0 Å². The van der Waals surface area contributed by atoms with Gasteiger partial charge in [0.05, 0.1) is 6.54 Å². The van der Waals surface area contributed by atoms with Gasteiger partial charge >= 0.3 is 5.97 Å². The summed E-state index contributed by atoms with van der Waals surface area (Å²) in [6.07, 6.45) is 2.04. The van der Waals surface area contributed by atoms with Crippen LogP contribution in [0.5, 0.6) is 0 Å². The van der Waals surface area contributed by atoms with Crippen molar-refractivity contribution in [3.8, 4) is 0 Å². The fourth-order valence-electron chi connectivity index (χ4n) is 3.99. The Kier molecular flexibility index (Phi) is 6.63. The lowest BCUT2D eigenvalue weighted by molar-refractivity contribution is 0.0684. The monoisotopic (exact) mass is 448 g/mol. The maximum atomic E-state index is 14.4. The predicted molar refractivity (Wildman–Crippen MR) is 128 cm³/mol. The third kappa shape index (κ3) is 4.56. The number of carboxylic acids is 1. The molecule has 3 aromatic carbocycles. The van der Waals surface area contributed by atoms with E-state index < -0.39 is 5.97 Å². The van der Waals surface area contributed by atoms with Gasteiger partial charge in [-0.3, -0.25) is 0 Å². The molecule has 1 heterocycles. The second-order valence-corrected chi connectivity index (χ2v) is 8.66. The molecule has 0 spiro atoms. The zero-order valence-corrected chi connectivity index (χ0v) is 18.9. The maximum absolute atomic E-state index is 14.4. The van der Waals surface area contributed by atoms with Crippen molar-refractivity contribution >= 4 is 28.6 Å². The van der Waals surface area contributed by atoms with Crippen LogP contribution in [0.4, 0.5) is 4.39 Å². The highest BCUT2D eigenvalue weighted by Gasteiger charge is 2.23. The molecular weight excluding hydrogens is 423 g/mol. The third-order valence-corrected chi connectivity index (χ3v) is 6.35. The topological polar surface area (TPSA) is 54.3 Å². The number of thioether (sulfide) groups is 1. The summed E-state index contributed by atoms with van der Waals surface area (Å²) in [4.78, 5) is 13.5. The Morgan fingerprint density at radius 1 is 1.06 bits per heavy atom. The van der Waals surface area contributed by atoms with Crippen LogP contribution in [0.2, 0.25) is 0 Å². The SMILES string of the molecule is CSc1ccc(CNCc2c(C(=O)O)n(Cc3ccccc3F)c3cc(C)ccc23)cc1. The van der Waals surface area contributed by atoms with E-state index in [0.29, 0.717) is 24.2 Å². The Hall–Kier alpha value is -3.09. The van der Waals surface area contributed by atoms with Crippen molar-refractivity contribution in [3.63, 3.8) is 0 Å². The Morgan fingerprint density at radius 3 is 2.50 bits per heavy atom. The molecule has 0 aliphatic rings. The first-order valence-corrected chi connectivity index (χ1v) is 11.6. The maximum Gasteiger partial charge on any atom is 0.352 e. The number of carboxylic acid groups (broad SMARTS) is 1. The molecule has 0 saturated carbocycles. The Balaban J connectivity index is 1.70. The minimum absolute atomic E-state index is 0.157. The highest BCUT2D eigenvalue weighted by Crippen LogP contribution is 2.29. The predicted octanol–water partition coefficient (Wildman–Crippen LogP) is 5.85. The van der Waals surface area contributed by atoms with Gasteiger partial charge in [0.1, 0.15) is 11.5 Å². The number of hydrogen-bond acceptors (Lipinski definition) is 3. The zero-order chi connectivity index (χ0) is 22.7. The molecule has 4 rings (SSSR count). The molecule has 0 radical (unpaired) electrons. The Labute approximate surface area is 191 Å². The Bertz CT molecular complexity index is 1270. The van der Waals surface area contributed by atoms with E-state index in [1.807, 2.05) is 31.4 Å². The fourth-order valence-corrected chi connectivity index (χ4v) is 4.40. The molecule has 1 aromatic heterocycles. The summed E-state index contributed by atoms with van der Waals surface area (Å²) in [7, 11) is 0. The molecule has 164 valence electrons. The number of aromatic nitrogens is 1. The van der Waals surface area contributed by atoms with Crippen LogP contribution in [0.25, 0.3) is 10.9 Å². The van der Waals surface area contributed by atoms with E-state index in [9.17, 15) is 14.3 Å². The van der Waals surface area contributed by atoms with Crippen LogP contribution in [-0.2, 0) is 19.6 Å². The highest BCUT2D eigenvalue weighted by atomic mass is 32.2. The molecule has 0 aliphatic carbocycles. The van der Waals surface area contributed by atoms with Crippen LogP contribution in [0.15, 0.2) is 71.6 Å². The molecule has 4 aromatic rings. The number of benzene rings is 3. The van der Waals surface area contributed by atoms with E-state index in [0.717, 1.165) is 22.0 Å². The van der Waals surface area contributed by atoms with Crippen molar-refractivity contribution < 1.29 is 14.3 Å². The lowest BCUT2D eigenvalue weighted by Gasteiger charge is -2.11. The second-order valence-electron chi connectivity index (χ2n) is 7.78. The number of carbonyl (C=O) groups is 1. The average molecular weight is 449 g/mol. The molecule has 0 unspecified atom stereocenters. The van der Waals surface area contributed by atoms with E-state index in [1.165, 1.54) is 11.0 Å². The number of rotatable bonds is 8. The van der Waals surface area contributed by atoms with Crippen molar-refractivity contribution in [2.45, 2.75) is 31.5 Å². The normalized spacial score (nSPS) is 11.2. The van der Waals surface area contributed by atoms with Gasteiger partial charge in [-0.25, -0.2) is 9.18 Å². The quantitative estimate of drug-likeness (QED) is 0.332. The van der Waals surface area contributed by atoms with E-state index in [2.05, 4.69) is 29.6 Å². The molecule has 0 saturated heterocycles. The molecule has 2 N–H and O–H groups in total. The number of fused-ring (bicyclic) bond motifs is 1. The van der Waals surface area contributed by atoms with Crippen molar-refractivity contribution in [1.29, 1.82) is 0 Å². The van der Waals surface area contributed by atoms with E-state index in [4.69, 9.17) is 0 Å². The highest BCUT2D eigenvalue weighted by molar-refractivity contribution is 7.98. The third-order valence-electron chi connectivity index (χ3n) is 5.60. The first kappa shape index (κ1) is 22.1. The minimum atomic E-state index is -1.02. The molecule has 4 nitrogen and oxygen atoms in total. The summed E-state index contributed by atoms with van der Waals surface area (Å²) in [5, 5.41) is 14.4. The number of aryl methyl sites for hydroxylation is 1. The molecule has 0 bridgehead atoms. The Morgan fingerprint density at radius 2 is 1.81 bits per heavy atom. The summed E-state index contributed by atoms with van der Waals surface area (Å²) in [6, 6.07) is 20.7. The van der Waals surface area contributed by atoms with Gasteiger partial charge in [0.15, 0.2) is 0 Å². The summed E-state index contributed by atoms with van der Waals surface area (Å²) in [6.45, 7) is 3.15. The lowest BCUT2D eigenvalue weighted by atomic mass is 10.1. The van der Waals surface area contributed by atoms with Gasteiger partial charge in [-0.2, -0.15) is 0 Å². The molecule has 0 atom stereocenters. The zero-order valence-electron chi connectivity index (χ0n) is 18.1. The van der Waals surface area contributed by atoms with Gasteiger partial charge in [-0.15, -0.1) is 11.8 Å². The number of hydrogen-bond donors (Lipinski definition) is 2. The first-order valence-electron chi connectivity index (χ1n) is 10.4. The van der Waals surface area contributed by atoms with Crippen molar-refractivity contribution in [3.05, 3.63) is 100 Å². The first-order chi connectivity index (χ1) is 15.5. The number of nitrogens with one attached hydrogen (secondary N) is 1. The van der Waals surface area contributed by atoms with Crippen molar-refractivity contribution in [1.82, 2.24) is 9.88 Å². The van der Waals surface area contributed by atoms with Crippen LogP contribution >= 0.6 is 11.8 Å². The summed E-state index contributed by atoms with van der Waals surface area (Å²) < 4.78 is 16.1. The van der Waals surface area contributed by atoms with Crippen LogP contribution < -0.4 is 5.32 Å². The van der Waals surface area contributed by atoms with Crippen LogP contribution in [0.3, 0.4) is 0 Å². The minimum Gasteiger partial charge on any atom is -0.477 e. The van der Waals surface area contributed by atoms with E-state index in [1.54, 1.807) is 34.5 Å². The van der Waals surface area contributed by atoms with Gasteiger partial charge in [-0.05, 0) is 48.6 Å². The summed E-state index contributed by atoms with van der Waals surface area (Å²) in [5.41, 5.74) is 4.32.